The predicted molar refractivity (Wildman–Crippen MR) is 132 cm³/mol. The first kappa shape index (κ1) is 22.2. The number of nitrogens with zero attached hydrogens (tertiary/aromatic N) is 1. The van der Waals surface area contributed by atoms with Crippen molar-refractivity contribution in [3.63, 3.8) is 0 Å². The van der Waals surface area contributed by atoms with Gasteiger partial charge in [0.1, 0.15) is 16.4 Å². The molecule has 0 radical (unpaired) electrons. The lowest BCUT2D eigenvalue weighted by molar-refractivity contribution is -0.118. The topological polar surface area (TPSA) is 80.3 Å². The van der Waals surface area contributed by atoms with E-state index in [1.807, 2.05) is 68.4 Å². The van der Waals surface area contributed by atoms with Gasteiger partial charge in [0, 0.05) is 11.1 Å². The molecule has 0 spiro atoms. The highest BCUT2D eigenvalue weighted by Crippen LogP contribution is 2.36. The third-order valence-corrected chi connectivity index (χ3v) is 5.98. The molecule has 0 aliphatic carbocycles. The van der Waals surface area contributed by atoms with Crippen molar-refractivity contribution in [2.75, 3.05) is 17.2 Å². The van der Waals surface area contributed by atoms with Crippen molar-refractivity contribution < 1.29 is 14.3 Å². The maximum Gasteiger partial charge on any atom is 0.264 e. The quantitative estimate of drug-likeness (QED) is 0.373. The van der Waals surface area contributed by atoms with E-state index in [2.05, 4.69) is 15.6 Å². The Morgan fingerprint density at radius 3 is 2.30 bits per heavy atom. The molecule has 0 atom stereocenters. The number of carbonyl (C=O) groups is 2. The number of aryl methyl sites for hydroxylation is 1. The van der Waals surface area contributed by atoms with Crippen molar-refractivity contribution in [1.29, 1.82) is 0 Å². The Labute approximate surface area is 196 Å². The van der Waals surface area contributed by atoms with Crippen molar-refractivity contribution in [2.45, 2.75) is 13.8 Å². The number of carbonyl (C=O) groups excluding carboxylic acids is 2. The molecule has 2 N–H and O–H groups in total. The van der Waals surface area contributed by atoms with Gasteiger partial charge >= 0.3 is 0 Å². The number of nitrogens with one attached hydrogen (secondary N) is 2. The van der Waals surface area contributed by atoms with Gasteiger partial charge in [-0.25, -0.2) is 4.98 Å². The number of hydrogen-bond acceptors (Lipinski definition) is 5. The summed E-state index contributed by atoms with van der Waals surface area (Å²) in [5.74, 6) is 0.0999. The van der Waals surface area contributed by atoms with Gasteiger partial charge in [0.15, 0.2) is 11.7 Å². The van der Waals surface area contributed by atoms with Crippen LogP contribution in [0.1, 0.15) is 21.5 Å². The van der Waals surface area contributed by atoms with Crippen molar-refractivity contribution in [2.24, 2.45) is 0 Å². The molecule has 0 aliphatic heterocycles. The van der Waals surface area contributed by atoms with Gasteiger partial charge in [0.25, 0.3) is 11.8 Å². The average molecular weight is 458 g/mol. The fraction of sp³-hybridized carbons (Fsp3) is 0.115. The van der Waals surface area contributed by atoms with Gasteiger partial charge in [-0.1, -0.05) is 72.0 Å². The molecular weight excluding hydrogens is 434 g/mol. The summed E-state index contributed by atoms with van der Waals surface area (Å²) in [6.07, 6.45) is 0. The average Bonchev–Trinajstić information content (AvgIpc) is 3.23. The molecule has 1 aromatic heterocycles. The second-order valence-electron chi connectivity index (χ2n) is 7.42. The molecule has 0 saturated heterocycles. The van der Waals surface area contributed by atoms with Crippen molar-refractivity contribution in [1.82, 2.24) is 4.98 Å². The molecule has 0 unspecified atom stereocenters. The molecule has 33 heavy (non-hydrogen) atoms. The van der Waals surface area contributed by atoms with Crippen molar-refractivity contribution in [3.05, 3.63) is 95.6 Å². The van der Waals surface area contributed by atoms with Crippen LogP contribution in [0.5, 0.6) is 5.75 Å². The Morgan fingerprint density at radius 1 is 0.879 bits per heavy atom. The molecular formula is C26H23N3O3S. The van der Waals surface area contributed by atoms with Crippen LogP contribution in [0.3, 0.4) is 0 Å². The first-order chi connectivity index (χ1) is 16.0. The lowest BCUT2D eigenvalue weighted by Gasteiger charge is -2.10. The van der Waals surface area contributed by atoms with Crippen LogP contribution in [0, 0.1) is 13.8 Å². The monoisotopic (exact) mass is 457 g/mol. The van der Waals surface area contributed by atoms with E-state index in [0.717, 1.165) is 16.7 Å². The Kier molecular flexibility index (Phi) is 6.80. The fourth-order valence-corrected chi connectivity index (χ4v) is 4.09. The van der Waals surface area contributed by atoms with E-state index < -0.39 is 0 Å². The van der Waals surface area contributed by atoms with Crippen LogP contribution in [0.25, 0.3) is 11.3 Å². The minimum absolute atomic E-state index is 0.143. The van der Waals surface area contributed by atoms with Gasteiger partial charge in [0.2, 0.25) is 0 Å². The molecule has 7 heteroatoms. The highest BCUT2D eigenvalue weighted by molar-refractivity contribution is 7.20. The Balaban J connectivity index is 1.51. The summed E-state index contributed by atoms with van der Waals surface area (Å²) in [5.41, 5.74) is 4.06. The normalized spacial score (nSPS) is 10.5. The van der Waals surface area contributed by atoms with Gasteiger partial charge in [-0.3, -0.25) is 14.9 Å². The number of thiazole rings is 1. The van der Waals surface area contributed by atoms with E-state index in [-0.39, 0.29) is 18.4 Å². The molecule has 0 fully saturated rings. The summed E-state index contributed by atoms with van der Waals surface area (Å²) in [6.45, 7) is 3.81. The van der Waals surface area contributed by atoms with E-state index in [1.165, 1.54) is 11.3 Å². The molecule has 0 saturated carbocycles. The highest BCUT2D eigenvalue weighted by Gasteiger charge is 2.18. The SMILES string of the molecule is Cc1cccc(OCC(=O)Nc2nc(-c3ccccc3)c(NC(=O)c3ccccc3)s2)c1C. The molecule has 4 rings (SSSR count). The maximum atomic E-state index is 12.7. The lowest BCUT2D eigenvalue weighted by atomic mass is 10.1. The number of hydrogen-bond donors (Lipinski definition) is 2. The van der Waals surface area contributed by atoms with Gasteiger partial charge < -0.3 is 10.1 Å². The van der Waals surface area contributed by atoms with E-state index >= 15 is 0 Å². The van der Waals surface area contributed by atoms with Crippen LogP contribution in [-0.2, 0) is 4.79 Å². The summed E-state index contributed by atoms with van der Waals surface area (Å²) >= 11 is 1.20. The zero-order valence-corrected chi connectivity index (χ0v) is 19.1. The molecule has 0 bridgehead atoms. The first-order valence-electron chi connectivity index (χ1n) is 10.4. The number of amides is 2. The lowest BCUT2D eigenvalue weighted by Crippen LogP contribution is -2.20. The van der Waals surface area contributed by atoms with Crippen LogP contribution in [0.4, 0.5) is 10.1 Å². The van der Waals surface area contributed by atoms with Crippen LogP contribution in [0.2, 0.25) is 0 Å². The molecule has 3 aromatic carbocycles. The fourth-order valence-electron chi connectivity index (χ4n) is 3.19. The zero-order chi connectivity index (χ0) is 23.2. The van der Waals surface area contributed by atoms with E-state index in [9.17, 15) is 9.59 Å². The third kappa shape index (κ3) is 5.45. The number of rotatable bonds is 7. The standard InChI is InChI=1S/C26H23N3O3S/c1-17-10-9-15-21(18(17)2)32-16-22(30)27-26-28-23(19-11-5-3-6-12-19)25(33-26)29-24(31)20-13-7-4-8-14-20/h3-15H,16H2,1-2H3,(H,29,31)(H,27,28,30). The Morgan fingerprint density at radius 2 is 1.58 bits per heavy atom. The smallest absolute Gasteiger partial charge is 0.264 e. The Hall–Kier alpha value is -3.97. The molecule has 1 heterocycles. The van der Waals surface area contributed by atoms with Gasteiger partial charge in [0.05, 0.1) is 0 Å². The van der Waals surface area contributed by atoms with Crippen LogP contribution in [-0.4, -0.2) is 23.4 Å². The summed E-state index contributed by atoms with van der Waals surface area (Å²) in [5, 5.41) is 6.64. The van der Waals surface area contributed by atoms with E-state index in [1.54, 1.807) is 24.3 Å². The summed E-state index contributed by atoms with van der Waals surface area (Å²) in [6, 6.07) is 24.2. The van der Waals surface area contributed by atoms with Gasteiger partial charge in [-0.05, 0) is 43.2 Å². The zero-order valence-electron chi connectivity index (χ0n) is 18.3. The largest absolute Gasteiger partial charge is 0.483 e. The summed E-state index contributed by atoms with van der Waals surface area (Å²) < 4.78 is 5.69. The first-order valence-corrected chi connectivity index (χ1v) is 11.2. The second-order valence-corrected chi connectivity index (χ2v) is 8.42. The van der Waals surface area contributed by atoms with Crippen LogP contribution >= 0.6 is 11.3 Å². The van der Waals surface area contributed by atoms with Crippen molar-refractivity contribution >= 4 is 33.3 Å². The highest BCUT2D eigenvalue weighted by atomic mass is 32.1. The third-order valence-electron chi connectivity index (χ3n) is 5.10. The van der Waals surface area contributed by atoms with E-state index in [4.69, 9.17) is 4.74 Å². The number of anilines is 2. The van der Waals surface area contributed by atoms with Crippen LogP contribution < -0.4 is 15.4 Å². The Bertz CT molecular complexity index is 1270. The second kappa shape index (κ2) is 10.1. The summed E-state index contributed by atoms with van der Waals surface area (Å²) in [7, 11) is 0. The molecule has 4 aromatic rings. The van der Waals surface area contributed by atoms with Crippen LogP contribution in [0.15, 0.2) is 78.9 Å². The minimum atomic E-state index is -0.329. The predicted octanol–water partition coefficient (Wildman–Crippen LogP) is 5.70. The molecule has 6 nitrogen and oxygen atoms in total. The van der Waals surface area contributed by atoms with E-state index in [0.29, 0.717) is 27.1 Å². The molecule has 2 amide bonds. The molecule has 0 aliphatic rings. The molecule has 166 valence electrons. The van der Waals surface area contributed by atoms with Gasteiger partial charge in [-0.2, -0.15) is 0 Å². The number of ether oxygens (including phenoxy) is 1. The number of aromatic nitrogens is 1. The maximum absolute atomic E-state index is 12.7. The van der Waals surface area contributed by atoms with Gasteiger partial charge in [-0.15, -0.1) is 0 Å². The number of benzene rings is 3. The minimum Gasteiger partial charge on any atom is -0.483 e. The van der Waals surface area contributed by atoms with Crippen molar-refractivity contribution in [3.8, 4) is 17.0 Å². The summed E-state index contributed by atoms with van der Waals surface area (Å²) in [4.78, 5) is 29.8.